The molecular weight excluding hydrogens is 719 g/mol. The van der Waals surface area contributed by atoms with Crippen LogP contribution in [-0.2, 0) is 33.3 Å². The Morgan fingerprint density at radius 2 is 0.982 bits per heavy atom. The van der Waals surface area contributed by atoms with Crippen molar-refractivity contribution in [3.05, 3.63) is 60.8 Å². The number of ether oxygens (including phenoxy) is 4. The van der Waals surface area contributed by atoms with Gasteiger partial charge in [-0.3, -0.25) is 9.59 Å². The number of aliphatic carboxylic acids is 1. The molecule has 0 aromatic rings. The number of carboxylic acid groups (broad SMARTS) is 1. The highest BCUT2D eigenvalue weighted by atomic mass is 16.7. The van der Waals surface area contributed by atoms with E-state index in [4.69, 9.17) is 18.9 Å². The number of hydrogen-bond acceptors (Lipinski definition) is 7. The molecule has 0 aromatic heterocycles. The normalized spacial score (nSPS) is 13.5. The molecule has 1 N–H and O–H groups in total. The van der Waals surface area contributed by atoms with Crippen LogP contribution in [0.4, 0.5) is 0 Å². The van der Waals surface area contributed by atoms with Crippen molar-refractivity contribution in [1.29, 1.82) is 0 Å². The molecule has 0 amide bonds. The third kappa shape index (κ3) is 41.0. The summed E-state index contributed by atoms with van der Waals surface area (Å²) in [5.74, 6) is -2.05. The first-order chi connectivity index (χ1) is 27.6. The van der Waals surface area contributed by atoms with Crippen LogP contribution in [0.5, 0.6) is 0 Å². The van der Waals surface area contributed by atoms with Crippen molar-refractivity contribution in [2.45, 2.75) is 180 Å². The third-order valence-electron chi connectivity index (χ3n) is 9.23. The van der Waals surface area contributed by atoms with Crippen molar-refractivity contribution in [2.75, 3.05) is 47.5 Å². The van der Waals surface area contributed by atoms with Crippen LogP contribution in [0.3, 0.4) is 0 Å². The number of rotatable bonds is 40. The molecule has 0 fully saturated rings. The van der Waals surface area contributed by atoms with E-state index in [1.165, 1.54) is 32.1 Å². The Kier molecular flexibility index (Phi) is 37.7. The molecule has 0 saturated heterocycles. The molecule has 0 aliphatic heterocycles. The van der Waals surface area contributed by atoms with Crippen LogP contribution < -0.4 is 0 Å². The van der Waals surface area contributed by atoms with E-state index < -0.39 is 24.3 Å². The van der Waals surface area contributed by atoms with Gasteiger partial charge in [0.2, 0.25) is 0 Å². The second-order valence-electron chi connectivity index (χ2n) is 16.0. The van der Waals surface area contributed by atoms with E-state index in [9.17, 15) is 19.5 Å². The van der Waals surface area contributed by atoms with Gasteiger partial charge in [0.1, 0.15) is 13.2 Å². The number of carbonyl (C=O) groups is 3. The Bertz CT molecular complexity index is 1120. The maximum absolute atomic E-state index is 12.8. The maximum atomic E-state index is 12.8. The van der Waals surface area contributed by atoms with E-state index in [0.29, 0.717) is 17.4 Å². The topological polar surface area (TPSA) is 108 Å². The molecule has 0 spiro atoms. The van der Waals surface area contributed by atoms with Gasteiger partial charge in [-0.2, -0.15) is 0 Å². The lowest BCUT2D eigenvalue weighted by molar-refractivity contribution is -0.870. The number of esters is 2. The van der Waals surface area contributed by atoms with Gasteiger partial charge in [0, 0.05) is 12.8 Å². The van der Waals surface area contributed by atoms with E-state index in [2.05, 4.69) is 74.6 Å². The van der Waals surface area contributed by atoms with Crippen LogP contribution in [0, 0.1) is 0 Å². The van der Waals surface area contributed by atoms with Crippen LogP contribution in [-0.4, -0.2) is 87.4 Å². The first kappa shape index (κ1) is 54.0. The molecule has 328 valence electrons. The quantitative estimate of drug-likeness (QED) is 0.0214. The fourth-order valence-electron chi connectivity index (χ4n) is 5.70. The number of likely N-dealkylation sites (N-methyl/N-ethyl adjacent to an activating group) is 1. The second-order valence-corrected chi connectivity index (χ2v) is 16.0. The number of carboxylic acids is 1. The van der Waals surface area contributed by atoms with E-state index in [1.54, 1.807) is 0 Å². The summed E-state index contributed by atoms with van der Waals surface area (Å²) < 4.78 is 22.7. The van der Waals surface area contributed by atoms with Gasteiger partial charge in [0.05, 0.1) is 34.4 Å². The maximum Gasteiger partial charge on any atom is 0.361 e. The average Bonchev–Trinajstić information content (AvgIpc) is 3.17. The van der Waals surface area contributed by atoms with Gasteiger partial charge in [0.25, 0.3) is 6.29 Å². The van der Waals surface area contributed by atoms with Crippen LogP contribution in [0.25, 0.3) is 0 Å². The summed E-state index contributed by atoms with van der Waals surface area (Å²) in [4.78, 5) is 37.1. The summed E-state index contributed by atoms with van der Waals surface area (Å²) in [5, 5.41) is 9.63. The van der Waals surface area contributed by atoms with Gasteiger partial charge < -0.3 is 28.5 Å². The van der Waals surface area contributed by atoms with Gasteiger partial charge in [0.15, 0.2) is 6.10 Å². The van der Waals surface area contributed by atoms with Crippen molar-refractivity contribution < 1.29 is 42.9 Å². The zero-order valence-electron chi connectivity index (χ0n) is 37.0. The minimum atomic E-state index is -1.52. The summed E-state index contributed by atoms with van der Waals surface area (Å²) in [6.07, 6.45) is 44.2. The number of nitrogens with zero attached hydrogens (tertiary/aromatic N) is 1. The summed E-state index contributed by atoms with van der Waals surface area (Å²) in [6.45, 7) is 4.73. The minimum Gasteiger partial charge on any atom is -0.477 e. The molecule has 0 saturated carbocycles. The molecule has 0 bridgehead atoms. The Hall–Kier alpha value is -3.01. The zero-order valence-corrected chi connectivity index (χ0v) is 37.0. The fraction of sp³-hybridized carbons (Fsp3) is 0.729. The Morgan fingerprint density at radius 1 is 0.526 bits per heavy atom. The number of carbonyl (C=O) groups excluding carboxylic acids is 2. The first-order valence-electron chi connectivity index (χ1n) is 22.5. The largest absolute Gasteiger partial charge is 0.477 e. The molecule has 9 nitrogen and oxygen atoms in total. The number of allylic oxidation sites excluding steroid dienone is 10. The molecule has 9 heteroatoms. The average molecular weight is 803 g/mol. The molecule has 0 heterocycles. The van der Waals surface area contributed by atoms with Crippen molar-refractivity contribution in [2.24, 2.45) is 0 Å². The molecule has 0 aromatic carbocycles. The van der Waals surface area contributed by atoms with Crippen LogP contribution in [0.1, 0.15) is 168 Å². The van der Waals surface area contributed by atoms with E-state index in [1.807, 2.05) is 21.1 Å². The zero-order chi connectivity index (χ0) is 42.1. The summed E-state index contributed by atoms with van der Waals surface area (Å²) in [7, 11) is 5.94. The predicted molar refractivity (Wildman–Crippen MR) is 235 cm³/mol. The lowest BCUT2D eigenvalue weighted by atomic mass is 10.1. The smallest absolute Gasteiger partial charge is 0.361 e. The highest BCUT2D eigenvalue weighted by Crippen LogP contribution is 2.13. The Morgan fingerprint density at radius 3 is 1.47 bits per heavy atom. The van der Waals surface area contributed by atoms with Crippen LogP contribution >= 0.6 is 0 Å². The molecule has 2 atom stereocenters. The van der Waals surface area contributed by atoms with E-state index in [-0.39, 0.29) is 38.6 Å². The number of hydrogen-bond donors (Lipinski definition) is 1. The van der Waals surface area contributed by atoms with Crippen molar-refractivity contribution >= 4 is 17.9 Å². The lowest BCUT2D eigenvalue weighted by Crippen LogP contribution is -2.40. The van der Waals surface area contributed by atoms with Gasteiger partial charge in [-0.1, -0.05) is 139 Å². The highest BCUT2D eigenvalue weighted by molar-refractivity contribution is 5.71. The lowest BCUT2D eigenvalue weighted by Gasteiger charge is -2.25. The van der Waals surface area contributed by atoms with Crippen LogP contribution in [0.15, 0.2) is 60.8 Å². The predicted octanol–water partition coefficient (Wildman–Crippen LogP) is 11.8. The number of quaternary nitrogens is 1. The summed E-state index contributed by atoms with van der Waals surface area (Å²) >= 11 is 0. The van der Waals surface area contributed by atoms with Crippen LogP contribution in [0.2, 0.25) is 0 Å². The first-order valence-corrected chi connectivity index (χ1v) is 22.5. The second kappa shape index (κ2) is 39.8. The van der Waals surface area contributed by atoms with Gasteiger partial charge >= 0.3 is 17.9 Å². The Labute approximate surface area is 348 Å². The molecule has 0 aliphatic rings. The Balaban J connectivity index is 4.48. The molecule has 0 aliphatic carbocycles. The summed E-state index contributed by atoms with van der Waals surface area (Å²) in [5.41, 5.74) is 0. The minimum absolute atomic E-state index is 0.180. The van der Waals surface area contributed by atoms with Crippen molar-refractivity contribution in [1.82, 2.24) is 0 Å². The molecule has 0 radical (unpaired) electrons. The standard InChI is InChI=1S/C48H83NO8/c1-6-8-10-12-14-16-18-20-21-22-23-24-25-27-29-31-33-35-37-39-46(51)57-44(43-56-48(47(52)53)54-41-40-49(3,4)5)42-55-45(50)38-36-34-32-30-28-26-19-17-15-13-11-9-7-2/h11,13-14,16-17,19-21,23-24,44,48H,6-10,12,15,18,22,25-43H2,1-5H3/p+1/b13-11-,16-14-,19-17-,21-20-,24-23-. The third-order valence-corrected chi connectivity index (χ3v) is 9.23. The van der Waals surface area contributed by atoms with Gasteiger partial charge in [-0.25, -0.2) is 4.79 Å². The molecule has 2 unspecified atom stereocenters. The number of unbranched alkanes of at least 4 members (excludes halogenated alkanes) is 15. The summed E-state index contributed by atoms with van der Waals surface area (Å²) in [6, 6.07) is 0. The highest BCUT2D eigenvalue weighted by Gasteiger charge is 2.25. The molecule has 57 heavy (non-hydrogen) atoms. The van der Waals surface area contributed by atoms with Gasteiger partial charge in [-0.15, -0.1) is 0 Å². The van der Waals surface area contributed by atoms with E-state index in [0.717, 1.165) is 103 Å². The van der Waals surface area contributed by atoms with Crippen molar-refractivity contribution in [3.8, 4) is 0 Å². The van der Waals surface area contributed by atoms with Crippen molar-refractivity contribution in [3.63, 3.8) is 0 Å². The fourth-order valence-corrected chi connectivity index (χ4v) is 5.70. The molecular formula is C48H84NO8+. The van der Waals surface area contributed by atoms with Gasteiger partial charge in [-0.05, 0) is 77.0 Å². The van der Waals surface area contributed by atoms with E-state index >= 15 is 0 Å². The monoisotopic (exact) mass is 803 g/mol. The molecule has 0 rings (SSSR count). The SMILES string of the molecule is CCC/C=C\C/C=C\CCCCCCCC(=O)OCC(COC(OCC[N+](C)(C)C)C(=O)O)OC(=O)CCCCCCCC/C=C\C/C=C\C/C=C\CCCCC.